The summed E-state index contributed by atoms with van der Waals surface area (Å²) in [6.07, 6.45) is 1.88. The molecule has 60 valence electrons. The minimum Gasteiger partial charge on any atom is -0.300 e. The molecule has 0 fully saturated rings. The van der Waals surface area contributed by atoms with Gasteiger partial charge >= 0.3 is 0 Å². The number of rotatable bonds is 4. The van der Waals surface area contributed by atoms with Gasteiger partial charge in [-0.15, -0.1) is 0 Å². The molecule has 0 rings (SSSR count). The molecule has 0 amide bonds. The summed E-state index contributed by atoms with van der Waals surface area (Å²) in [5, 5.41) is 0. The Morgan fingerprint density at radius 3 is 2.00 bits per heavy atom. The Labute approximate surface area is 63.8 Å². The van der Waals surface area contributed by atoms with Crippen LogP contribution in [-0.4, -0.2) is 5.78 Å². The summed E-state index contributed by atoms with van der Waals surface area (Å²) in [6, 6.07) is 0. The second-order valence-electron chi connectivity index (χ2n) is 3.32. The van der Waals surface area contributed by atoms with E-state index in [1.165, 1.54) is 0 Å². The normalized spacial score (nSPS) is 13.7. The quantitative estimate of drug-likeness (QED) is 0.589. The highest BCUT2D eigenvalue weighted by atomic mass is 16.1. The SMILES string of the molecule is CC[C@@H](CC(C)=O)C(C)C. The molecule has 0 radical (unpaired) electrons. The molecule has 0 aromatic carbocycles. The summed E-state index contributed by atoms with van der Waals surface area (Å²) in [6.45, 7) is 8.17. The smallest absolute Gasteiger partial charge is 0.130 e. The van der Waals surface area contributed by atoms with Gasteiger partial charge in [0.2, 0.25) is 0 Å². The van der Waals surface area contributed by atoms with Crippen LogP contribution in [-0.2, 0) is 4.79 Å². The largest absolute Gasteiger partial charge is 0.300 e. The number of carbonyl (C=O) groups is 1. The molecule has 0 aliphatic rings. The van der Waals surface area contributed by atoms with Crippen molar-refractivity contribution in [1.29, 1.82) is 0 Å². The number of Topliss-reactive ketones (excluding diaryl/α,β-unsaturated/α-hetero) is 1. The molecule has 10 heavy (non-hydrogen) atoms. The summed E-state index contributed by atoms with van der Waals surface area (Å²) in [7, 11) is 0. The number of hydrogen-bond donors (Lipinski definition) is 0. The second kappa shape index (κ2) is 4.48. The Morgan fingerprint density at radius 1 is 1.40 bits per heavy atom. The summed E-state index contributed by atoms with van der Waals surface area (Å²) in [5.41, 5.74) is 0. The molecule has 0 bridgehead atoms. The van der Waals surface area contributed by atoms with Crippen LogP contribution in [0.25, 0.3) is 0 Å². The predicted octanol–water partition coefficient (Wildman–Crippen LogP) is 2.65. The zero-order chi connectivity index (χ0) is 8.15. The molecule has 0 saturated heterocycles. The van der Waals surface area contributed by atoms with Gasteiger partial charge in [-0.1, -0.05) is 27.2 Å². The van der Waals surface area contributed by atoms with Crippen molar-refractivity contribution in [3.63, 3.8) is 0 Å². The number of hydrogen-bond acceptors (Lipinski definition) is 1. The van der Waals surface area contributed by atoms with E-state index in [0.717, 1.165) is 12.8 Å². The minimum absolute atomic E-state index is 0.320. The van der Waals surface area contributed by atoms with Gasteiger partial charge in [0.05, 0.1) is 0 Å². The van der Waals surface area contributed by atoms with Crippen molar-refractivity contribution in [2.45, 2.75) is 40.5 Å². The maximum Gasteiger partial charge on any atom is 0.130 e. The van der Waals surface area contributed by atoms with E-state index in [9.17, 15) is 4.79 Å². The molecule has 1 nitrogen and oxygen atoms in total. The lowest BCUT2D eigenvalue weighted by Gasteiger charge is -2.16. The molecule has 0 heterocycles. The molecule has 0 aliphatic heterocycles. The topological polar surface area (TPSA) is 17.1 Å². The fourth-order valence-corrected chi connectivity index (χ4v) is 1.22. The molecular weight excluding hydrogens is 124 g/mol. The van der Waals surface area contributed by atoms with Crippen molar-refractivity contribution in [2.24, 2.45) is 11.8 Å². The number of carbonyl (C=O) groups excluding carboxylic acids is 1. The van der Waals surface area contributed by atoms with Gasteiger partial charge in [-0.05, 0) is 18.8 Å². The summed E-state index contributed by atoms with van der Waals surface area (Å²) in [5.74, 6) is 1.56. The van der Waals surface area contributed by atoms with E-state index in [0.29, 0.717) is 17.6 Å². The van der Waals surface area contributed by atoms with Gasteiger partial charge in [-0.3, -0.25) is 0 Å². The highest BCUT2D eigenvalue weighted by Crippen LogP contribution is 2.18. The fourth-order valence-electron chi connectivity index (χ4n) is 1.22. The Bertz CT molecular complexity index is 105. The van der Waals surface area contributed by atoms with E-state index >= 15 is 0 Å². The molecule has 1 heteroatoms. The van der Waals surface area contributed by atoms with E-state index in [1.807, 2.05) is 0 Å². The molecule has 0 aromatic rings. The third-order valence-corrected chi connectivity index (χ3v) is 2.02. The maximum atomic E-state index is 10.7. The Kier molecular flexibility index (Phi) is 4.33. The van der Waals surface area contributed by atoms with Crippen molar-refractivity contribution in [3.05, 3.63) is 0 Å². The maximum absolute atomic E-state index is 10.7. The summed E-state index contributed by atoms with van der Waals surface area (Å²) >= 11 is 0. The fraction of sp³-hybridized carbons (Fsp3) is 0.889. The van der Waals surface area contributed by atoms with E-state index in [-0.39, 0.29) is 0 Å². The van der Waals surface area contributed by atoms with Gasteiger partial charge in [-0.2, -0.15) is 0 Å². The standard InChI is InChI=1S/C9H18O/c1-5-9(7(2)3)6-8(4)10/h7,9H,5-6H2,1-4H3/t9-/m0/s1. The first-order chi connectivity index (χ1) is 4.57. The summed E-state index contributed by atoms with van der Waals surface area (Å²) < 4.78 is 0. The molecular formula is C9H18O. The molecule has 0 saturated carbocycles. The van der Waals surface area contributed by atoms with Crippen LogP contribution in [0.15, 0.2) is 0 Å². The molecule has 0 N–H and O–H groups in total. The Morgan fingerprint density at radius 2 is 1.90 bits per heavy atom. The second-order valence-corrected chi connectivity index (χ2v) is 3.32. The summed E-state index contributed by atoms with van der Waals surface area (Å²) in [4.78, 5) is 10.7. The Hall–Kier alpha value is -0.330. The van der Waals surface area contributed by atoms with Crippen LogP contribution in [0.4, 0.5) is 0 Å². The monoisotopic (exact) mass is 142 g/mol. The van der Waals surface area contributed by atoms with Crippen molar-refractivity contribution < 1.29 is 4.79 Å². The van der Waals surface area contributed by atoms with E-state index in [2.05, 4.69) is 20.8 Å². The highest BCUT2D eigenvalue weighted by Gasteiger charge is 2.12. The van der Waals surface area contributed by atoms with Gasteiger partial charge in [-0.25, -0.2) is 0 Å². The van der Waals surface area contributed by atoms with Crippen molar-refractivity contribution >= 4 is 5.78 Å². The van der Waals surface area contributed by atoms with Crippen LogP contribution in [0.5, 0.6) is 0 Å². The van der Waals surface area contributed by atoms with Crippen molar-refractivity contribution in [3.8, 4) is 0 Å². The zero-order valence-electron chi connectivity index (χ0n) is 7.48. The van der Waals surface area contributed by atoms with E-state index in [1.54, 1.807) is 6.92 Å². The highest BCUT2D eigenvalue weighted by molar-refractivity contribution is 5.75. The predicted molar refractivity (Wildman–Crippen MR) is 43.9 cm³/mol. The minimum atomic E-state index is 0.320. The lowest BCUT2D eigenvalue weighted by molar-refractivity contribution is -0.118. The molecule has 0 spiro atoms. The van der Waals surface area contributed by atoms with Gasteiger partial charge in [0, 0.05) is 6.42 Å². The van der Waals surface area contributed by atoms with Crippen LogP contribution in [0.1, 0.15) is 40.5 Å². The zero-order valence-corrected chi connectivity index (χ0v) is 7.48. The van der Waals surface area contributed by atoms with Crippen LogP contribution in [0.2, 0.25) is 0 Å². The first-order valence-electron chi connectivity index (χ1n) is 4.07. The van der Waals surface area contributed by atoms with E-state index in [4.69, 9.17) is 0 Å². The number of ketones is 1. The lowest BCUT2D eigenvalue weighted by Crippen LogP contribution is -2.11. The van der Waals surface area contributed by atoms with Gasteiger partial charge in [0.15, 0.2) is 0 Å². The molecule has 0 aliphatic carbocycles. The van der Waals surface area contributed by atoms with Gasteiger partial charge in [0.25, 0.3) is 0 Å². The lowest BCUT2D eigenvalue weighted by atomic mass is 9.89. The van der Waals surface area contributed by atoms with Crippen LogP contribution < -0.4 is 0 Å². The van der Waals surface area contributed by atoms with Crippen molar-refractivity contribution in [2.75, 3.05) is 0 Å². The third-order valence-electron chi connectivity index (χ3n) is 2.02. The Balaban J connectivity index is 3.71. The van der Waals surface area contributed by atoms with Crippen LogP contribution in [0, 0.1) is 11.8 Å². The first kappa shape index (κ1) is 9.67. The van der Waals surface area contributed by atoms with Crippen LogP contribution >= 0.6 is 0 Å². The average Bonchev–Trinajstić information content (AvgIpc) is 1.81. The third kappa shape index (κ3) is 3.65. The van der Waals surface area contributed by atoms with Gasteiger partial charge < -0.3 is 4.79 Å². The molecule has 1 atom stereocenters. The first-order valence-corrected chi connectivity index (χ1v) is 4.07. The average molecular weight is 142 g/mol. The van der Waals surface area contributed by atoms with Crippen molar-refractivity contribution in [1.82, 2.24) is 0 Å². The molecule has 0 aromatic heterocycles. The van der Waals surface area contributed by atoms with E-state index < -0.39 is 0 Å². The molecule has 0 unspecified atom stereocenters. The van der Waals surface area contributed by atoms with Gasteiger partial charge in [0.1, 0.15) is 5.78 Å². The van der Waals surface area contributed by atoms with Crippen LogP contribution in [0.3, 0.4) is 0 Å².